The predicted octanol–water partition coefficient (Wildman–Crippen LogP) is 0.331. The van der Waals surface area contributed by atoms with Crippen LogP contribution in [0.4, 0.5) is 0 Å². The highest BCUT2D eigenvalue weighted by Crippen LogP contribution is 2.24. The van der Waals surface area contributed by atoms with Gasteiger partial charge in [-0.3, -0.25) is 8.98 Å². The largest absolute Gasteiger partial charge is 0.480 e. The second-order valence-electron chi connectivity index (χ2n) is 4.84. The van der Waals surface area contributed by atoms with E-state index in [1.54, 1.807) is 30.3 Å². The van der Waals surface area contributed by atoms with Crippen molar-refractivity contribution in [3.8, 4) is 0 Å². The molecule has 0 bridgehead atoms. The molecule has 0 unspecified atom stereocenters. The number of likely N-dealkylation sites (tertiary alicyclic amines) is 1. The first-order valence-electron chi connectivity index (χ1n) is 6.25. The standard InChI is InChI=1S/C13H15NO6S/c1-21(18,19)20-10-7-11(13(16)17)14(8-10)12(15)9-5-3-2-4-6-9/h2-6,10-11H,7-8H2,1H3,(H,16,17)/t10-,11+/m1/s1. The third-order valence-electron chi connectivity index (χ3n) is 3.14. The highest BCUT2D eigenvalue weighted by atomic mass is 32.2. The number of nitrogens with zero attached hydrogens (tertiary/aromatic N) is 1. The molecule has 1 aliphatic heterocycles. The Morgan fingerprint density at radius 1 is 1.29 bits per heavy atom. The first-order chi connectivity index (χ1) is 9.78. The Hall–Kier alpha value is -1.93. The molecule has 0 aliphatic carbocycles. The molecule has 7 nitrogen and oxygen atoms in total. The molecule has 1 aromatic carbocycles. The Morgan fingerprint density at radius 3 is 2.43 bits per heavy atom. The number of hydrogen-bond acceptors (Lipinski definition) is 5. The van der Waals surface area contributed by atoms with Gasteiger partial charge in [0, 0.05) is 18.5 Å². The van der Waals surface area contributed by atoms with Crippen molar-refractivity contribution in [2.45, 2.75) is 18.6 Å². The van der Waals surface area contributed by atoms with Crippen LogP contribution in [0.25, 0.3) is 0 Å². The van der Waals surface area contributed by atoms with Crippen LogP contribution < -0.4 is 0 Å². The van der Waals surface area contributed by atoms with E-state index in [-0.39, 0.29) is 13.0 Å². The van der Waals surface area contributed by atoms with Crippen LogP contribution in [0.15, 0.2) is 30.3 Å². The summed E-state index contributed by atoms with van der Waals surface area (Å²) in [5.74, 6) is -1.64. The Bertz CT molecular complexity index is 642. The van der Waals surface area contributed by atoms with Gasteiger partial charge >= 0.3 is 5.97 Å². The van der Waals surface area contributed by atoms with Crippen LogP contribution in [-0.4, -0.2) is 55.2 Å². The number of aliphatic carboxylic acids is 1. The zero-order valence-electron chi connectivity index (χ0n) is 11.3. The fourth-order valence-electron chi connectivity index (χ4n) is 2.32. The molecule has 1 amide bonds. The summed E-state index contributed by atoms with van der Waals surface area (Å²) in [6.45, 7) is -0.0717. The van der Waals surface area contributed by atoms with Crippen molar-refractivity contribution in [3.05, 3.63) is 35.9 Å². The summed E-state index contributed by atoms with van der Waals surface area (Å²) in [5, 5.41) is 9.20. The second kappa shape index (κ2) is 5.82. The van der Waals surface area contributed by atoms with E-state index < -0.39 is 34.1 Å². The molecule has 8 heteroatoms. The van der Waals surface area contributed by atoms with Crippen LogP contribution in [0.3, 0.4) is 0 Å². The molecule has 1 fully saturated rings. The monoisotopic (exact) mass is 313 g/mol. The molecule has 2 atom stereocenters. The summed E-state index contributed by atoms with van der Waals surface area (Å²) in [6, 6.07) is 7.14. The normalized spacial score (nSPS) is 22.2. The first-order valence-corrected chi connectivity index (χ1v) is 8.06. The minimum Gasteiger partial charge on any atom is -0.480 e. The maximum atomic E-state index is 12.3. The quantitative estimate of drug-likeness (QED) is 0.804. The van der Waals surface area contributed by atoms with Gasteiger partial charge in [0.15, 0.2) is 0 Å². The number of carbonyl (C=O) groups excluding carboxylic acids is 1. The van der Waals surface area contributed by atoms with E-state index in [1.807, 2.05) is 0 Å². The molecule has 1 aromatic rings. The van der Waals surface area contributed by atoms with Gasteiger partial charge in [0.2, 0.25) is 0 Å². The lowest BCUT2D eigenvalue weighted by atomic mass is 10.1. The van der Waals surface area contributed by atoms with Crippen LogP contribution >= 0.6 is 0 Å². The lowest BCUT2D eigenvalue weighted by Crippen LogP contribution is -2.40. The summed E-state index contributed by atoms with van der Waals surface area (Å²) in [4.78, 5) is 24.7. The maximum absolute atomic E-state index is 12.3. The summed E-state index contributed by atoms with van der Waals surface area (Å²) >= 11 is 0. The first kappa shape index (κ1) is 15.5. The van der Waals surface area contributed by atoms with Crippen molar-refractivity contribution in [3.63, 3.8) is 0 Å². The summed E-state index contributed by atoms with van der Waals surface area (Å²) in [6.07, 6.45) is -0.000391. The molecule has 2 rings (SSSR count). The Morgan fingerprint density at radius 2 is 1.90 bits per heavy atom. The minimum absolute atomic E-state index is 0.0546. The fraction of sp³-hybridized carbons (Fsp3) is 0.385. The van der Waals surface area contributed by atoms with Gasteiger partial charge < -0.3 is 10.0 Å². The van der Waals surface area contributed by atoms with Gasteiger partial charge in [-0.05, 0) is 12.1 Å². The molecule has 114 valence electrons. The van der Waals surface area contributed by atoms with Crippen molar-refractivity contribution in [2.75, 3.05) is 12.8 Å². The lowest BCUT2D eigenvalue weighted by Gasteiger charge is -2.21. The van der Waals surface area contributed by atoms with E-state index in [0.29, 0.717) is 5.56 Å². The molecule has 0 spiro atoms. The van der Waals surface area contributed by atoms with Crippen molar-refractivity contribution < 1.29 is 27.3 Å². The maximum Gasteiger partial charge on any atom is 0.326 e. The Balaban J connectivity index is 2.20. The molecule has 1 N–H and O–H groups in total. The zero-order chi connectivity index (χ0) is 15.6. The van der Waals surface area contributed by atoms with E-state index in [4.69, 9.17) is 4.18 Å². The number of amides is 1. The van der Waals surface area contributed by atoms with Crippen molar-refractivity contribution in [1.29, 1.82) is 0 Å². The van der Waals surface area contributed by atoms with E-state index in [9.17, 15) is 23.1 Å². The summed E-state index contributed by atoms with van der Waals surface area (Å²) in [5.41, 5.74) is 0.351. The van der Waals surface area contributed by atoms with E-state index >= 15 is 0 Å². The number of carbonyl (C=O) groups is 2. The fourth-order valence-corrected chi connectivity index (χ4v) is 2.95. The molecule has 21 heavy (non-hydrogen) atoms. The average molecular weight is 313 g/mol. The number of rotatable bonds is 4. The van der Waals surface area contributed by atoms with Crippen LogP contribution in [0.5, 0.6) is 0 Å². The molecular formula is C13H15NO6S. The van der Waals surface area contributed by atoms with E-state index in [0.717, 1.165) is 11.2 Å². The highest BCUT2D eigenvalue weighted by Gasteiger charge is 2.41. The molecule has 1 heterocycles. The van der Waals surface area contributed by atoms with Crippen molar-refractivity contribution >= 4 is 22.0 Å². The van der Waals surface area contributed by atoms with Crippen molar-refractivity contribution in [2.24, 2.45) is 0 Å². The Labute approximate surface area is 122 Å². The van der Waals surface area contributed by atoms with Gasteiger partial charge in [-0.2, -0.15) is 8.42 Å². The van der Waals surface area contributed by atoms with Crippen LogP contribution in [0.1, 0.15) is 16.8 Å². The van der Waals surface area contributed by atoms with Gasteiger partial charge in [0.25, 0.3) is 16.0 Å². The predicted molar refractivity (Wildman–Crippen MR) is 73.2 cm³/mol. The third-order valence-corrected chi connectivity index (χ3v) is 3.76. The zero-order valence-corrected chi connectivity index (χ0v) is 12.1. The number of hydrogen-bond donors (Lipinski definition) is 1. The van der Waals surface area contributed by atoms with Gasteiger partial charge in [-0.25, -0.2) is 4.79 Å². The van der Waals surface area contributed by atoms with E-state index in [2.05, 4.69) is 0 Å². The molecule has 1 saturated heterocycles. The van der Waals surface area contributed by atoms with Crippen LogP contribution in [0, 0.1) is 0 Å². The highest BCUT2D eigenvalue weighted by molar-refractivity contribution is 7.86. The van der Waals surface area contributed by atoms with Gasteiger partial charge in [0.05, 0.1) is 12.4 Å². The molecular weight excluding hydrogens is 298 g/mol. The van der Waals surface area contributed by atoms with Gasteiger partial charge in [-0.1, -0.05) is 18.2 Å². The summed E-state index contributed by atoms with van der Waals surface area (Å²) < 4.78 is 27.1. The van der Waals surface area contributed by atoms with Gasteiger partial charge in [-0.15, -0.1) is 0 Å². The van der Waals surface area contributed by atoms with Crippen LogP contribution in [-0.2, 0) is 19.1 Å². The minimum atomic E-state index is -3.70. The van der Waals surface area contributed by atoms with Crippen molar-refractivity contribution in [1.82, 2.24) is 4.90 Å². The number of carboxylic acid groups (broad SMARTS) is 1. The molecule has 0 radical (unpaired) electrons. The molecule has 1 aliphatic rings. The third kappa shape index (κ3) is 3.79. The topological polar surface area (TPSA) is 101 Å². The number of benzene rings is 1. The smallest absolute Gasteiger partial charge is 0.326 e. The van der Waals surface area contributed by atoms with Gasteiger partial charge in [0.1, 0.15) is 6.04 Å². The van der Waals surface area contributed by atoms with E-state index in [1.165, 1.54) is 0 Å². The SMILES string of the molecule is CS(=O)(=O)O[C@@H]1C[C@@H](C(=O)O)N(C(=O)c2ccccc2)C1. The Kier molecular flexibility index (Phi) is 4.29. The molecule has 0 saturated carbocycles. The second-order valence-corrected chi connectivity index (χ2v) is 6.44. The van der Waals surface area contributed by atoms with Crippen LogP contribution in [0.2, 0.25) is 0 Å². The summed E-state index contributed by atoms with van der Waals surface area (Å²) in [7, 11) is -3.70. The number of carboxylic acids is 1. The molecule has 0 aromatic heterocycles. The lowest BCUT2D eigenvalue weighted by molar-refractivity contribution is -0.141. The average Bonchev–Trinajstić information content (AvgIpc) is 2.80.